The Labute approximate surface area is 113 Å². The summed E-state index contributed by atoms with van der Waals surface area (Å²) in [5, 5.41) is 13.1. The summed E-state index contributed by atoms with van der Waals surface area (Å²) >= 11 is 0. The number of nitrogens with two attached hydrogens (primary N) is 1. The van der Waals surface area contributed by atoms with Crippen molar-refractivity contribution in [2.75, 3.05) is 11.1 Å². The van der Waals surface area contributed by atoms with Crippen molar-refractivity contribution >= 4 is 23.0 Å². The van der Waals surface area contributed by atoms with Crippen molar-refractivity contribution in [1.29, 1.82) is 0 Å². The van der Waals surface area contributed by atoms with Crippen molar-refractivity contribution in [1.82, 2.24) is 0 Å². The summed E-state index contributed by atoms with van der Waals surface area (Å²) in [6.45, 7) is 0. The van der Waals surface area contributed by atoms with Crippen LogP contribution in [0.4, 0.5) is 21.5 Å². The molecule has 20 heavy (non-hydrogen) atoms. The van der Waals surface area contributed by atoms with Gasteiger partial charge in [-0.15, -0.1) is 0 Å². The molecule has 0 spiro atoms. The number of benzene rings is 2. The van der Waals surface area contributed by atoms with Gasteiger partial charge in [-0.3, -0.25) is 14.9 Å². The Balaban J connectivity index is 2.35. The first kappa shape index (κ1) is 13.5. The summed E-state index contributed by atoms with van der Waals surface area (Å²) < 4.78 is 13.1. The van der Waals surface area contributed by atoms with E-state index in [2.05, 4.69) is 5.32 Å². The van der Waals surface area contributed by atoms with Crippen LogP contribution in [0.15, 0.2) is 42.5 Å². The maximum Gasteiger partial charge on any atom is 0.292 e. The number of rotatable bonds is 3. The lowest BCUT2D eigenvalue weighted by Gasteiger charge is -2.07. The van der Waals surface area contributed by atoms with Crippen molar-refractivity contribution in [3.8, 4) is 0 Å². The van der Waals surface area contributed by atoms with E-state index in [9.17, 15) is 19.3 Å². The monoisotopic (exact) mass is 275 g/mol. The fourth-order valence-corrected chi connectivity index (χ4v) is 1.66. The Morgan fingerprint density at radius 3 is 2.60 bits per heavy atom. The van der Waals surface area contributed by atoms with Crippen LogP contribution < -0.4 is 11.1 Å². The van der Waals surface area contributed by atoms with Crippen LogP contribution in [0.25, 0.3) is 0 Å². The normalized spacial score (nSPS) is 10.1. The molecular formula is C13H10FN3O3. The van der Waals surface area contributed by atoms with Gasteiger partial charge in [-0.25, -0.2) is 4.39 Å². The second-order valence-corrected chi connectivity index (χ2v) is 3.96. The molecule has 0 aliphatic rings. The molecule has 0 atom stereocenters. The number of carbonyl (C=O) groups excluding carboxylic acids is 1. The van der Waals surface area contributed by atoms with Crippen molar-refractivity contribution in [3.63, 3.8) is 0 Å². The van der Waals surface area contributed by atoms with Gasteiger partial charge >= 0.3 is 0 Å². The first-order valence-electron chi connectivity index (χ1n) is 5.59. The molecule has 0 saturated heterocycles. The summed E-state index contributed by atoms with van der Waals surface area (Å²) in [5.41, 5.74) is 5.41. The molecule has 0 radical (unpaired) electrons. The fourth-order valence-electron chi connectivity index (χ4n) is 1.66. The third kappa shape index (κ3) is 2.72. The SMILES string of the molecule is Nc1ccccc1C(=O)Nc1cc(F)ccc1[N+](=O)[O-]. The zero-order valence-corrected chi connectivity index (χ0v) is 10.2. The van der Waals surface area contributed by atoms with Crippen molar-refractivity contribution in [2.45, 2.75) is 0 Å². The zero-order valence-electron chi connectivity index (χ0n) is 10.2. The third-order valence-electron chi connectivity index (χ3n) is 2.61. The Morgan fingerprint density at radius 2 is 1.95 bits per heavy atom. The van der Waals surface area contributed by atoms with Gasteiger partial charge in [0.25, 0.3) is 11.6 Å². The average molecular weight is 275 g/mol. The van der Waals surface area contributed by atoms with E-state index < -0.39 is 22.3 Å². The summed E-state index contributed by atoms with van der Waals surface area (Å²) in [6, 6.07) is 9.06. The molecule has 1 amide bonds. The molecule has 7 heteroatoms. The molecule has 0 aliphatic heterocycles. The van der Waals surface area contributed by atoms with Gasteiger partial charge in [0.15, 0.2) is 0 Å². The second-order valence-electron chi connectivity index (χ2n) is 3.96. The van der Waals surface area contributed by atoms with Gasteiger partial charge in [0, 0.05) is 17.8 Å². The Morgan fingerprint density at radius 1 is 1.25 bits per heavy atom. The lowest BCUT2D eigenvalue weighted by Crippen LogP contribution is -2.15. The number of hydrogen-bond acceptors (Lipinski definition) is 4. The maximum absolute atomic E-state index is 13.1. The number of anilines is 2. The number of nitrogen functional groups attached to an aromatic ring is 1. The number of para-hydroxylation sites is 1. The molecule has 0 bridgehead atoms. The predicted molar refractivity (Wildman–Crippen MR) is 71.9 cm³/mol. The molecule has 2 rings (SSSR count). The quantitative estimate of drug-likeness (QED) is 0.511. The van der Waals surface area contributed by atoms with Gasteiger partial charge in [0.05, 0.1) is 10.5 Å². The first-order chi connectivity index (χ1) is 9.49. The van der Waals surface area contributed by atoms with E-state index in [0.29, 0.717) is 0 Å². The lowest BCUT2D eigenvalue weighted by atomic mass is 10.1. The summed E-state index contributed by atoms with van der Waals surface area (Å²) in [7, 11) is 0. The largest absolute Gasteiger partial charge is 0.398 e. The van der Waals surface area contributed by atoms with Gasteiger partial charge in [-0.1, -0.05) is 12.1 Å². The topological polar surface area (TPSA) is 98.3 Å². The molecule has 0 saturated carbocycles. The lowest BCUT2D eigenvalue weighted by molar-refractivity contribution is -0.384. The molecule has 0 aliphatic carbocycles. The Hall–Kier alpha value is -2.96. The number of halogens is 1. The maximum atomic E-state index is 13.1. The molecular weight excluding hydrogens is 265 g/mol. The van der Waals surface area contributed by atoms with Crippen molar-refractivity contribution < 1.29 is 14.1 Å². The Kier molecular flexibility index (Phi) is 3.60. The Bertz CT molecular complexity index is 688. The number of nitro benzene ring substituents is 1. The van der Waals surface area contributed by atoms with E-state index in [1.807, 2.05) is 0 Å². The standard InChI is InChI=1S/C13H10FN3O3/c14-8-5-6-12(17(19)20)11(7-8)16-13(18)9-3-1-2-4-10(9)15/h1-7H,15H2,(H,16,18). The van der Waals surface area contributed by atoms with Crippen LogP contribution in [-0.2, 0) is 0 Å². The highest BCUT2D eigenvalue weighted by Gasteiger charge is 2.18. The third-order valence-corrected chi connectivity index (χ3v) is 2.61. The van der Waals surface area contributed by atoms with E-state index in [-0.39, 0.29) is 16.9 Å². The van der Waals surface area contributed by atoms with E-state index in [1.54, 1.807) is 12.1 Å². The second kappa shape index (κ2) is 5.35. The van der Waals surface area contributed by atoms with Crippen LogP contribution in [-0.4, -0.2) is 10.8 Å². The van der Waals surface area contributed by atoms with E-state index in [1.165, 1.54) is 12.1 Å². The van der Waals surface area contributed by atoms with Crippen LogP contribution in [0.1, 0.15) is 10.4 Å². The number of carbonyl (C=O) groups is 1. The van der Waals surface area contributed by atoms with E-state index in [4.69, 9.17) is 5.73 Å². The molecule has 0 unspecified atom stereocenters. The fraction of sp³-hybridized carbons (Fsp3) is 0. The number of amides is 1. The molecule has 6 nitrogen and oxygen atoms in total. The number of nitro groups is 1. The smallest absolute Gasteiger partial charge is 0.292 e. The van der Waals surface area contributed by atoms with Gasteiger partial charge in [0.2, 0.25) is 0 Å². The molecule has 0 heterocycles. The van der Waals surface area contributed by atoms with Gasteiger partial charge in [-0.05, 0) is 18.2 Å². The molecule has 2 aromatic rings. The summed E-state index contributed by atoms with van der Waals surface area (Å²) in [4.78, 5) is 22.1. The highest BCUT2D eigenvalue weighted by molar-refractivity contribution is 6.08. The molecule has 2 aromatic carbocycles. The van der Waals surface area contributed by atoms with Crippen LogP contribution in [0.5, 0.6) is 0 Å². The highest BCUT2D eigenvalue weighted by atomic mass is 19.1. The van der Waals surface area contributed by atoms with Crippen molar-refractivity contribution in [2.24, 2.45) is 0 Å². The molecule has 3 N–H and O–H groups in total. The van der Waals surface area contributed by atoms with Crippen LogP contribution in [0, 0.1) is 15.9 Å². The van der Waals surface area contributed by atoms with Gasteiger partial charge < -0.3 is 11.1 Å². The number of hydrogen-bond donors (Lipinski definition) is 2. The van der Waals surface area contributed by atoms with Crippen molar-refractivity contribution in [3.05, 3.63) is 64.0 Å². The summed E-state index contributed by atoms with van der Waals surface area (Å²) in [6.07, 6.45) is 0. The summed E-state index contributed by atoms with van der Waals surface area (Å²) in [5.74, 6) is -1.33. The number of nitrogens with one attached hydrogen (secondary N) is 1. The van der Waals surface area contributed by atoms with Gasteiger partial charge in [-0.2, -0.15) is 0 Å². The van der Waals surface area contributed by atoms with E-state index >= 15 is 0 Å². The predicted octanol–water partition coefficient (Wildman–Crippen LogP) is 2.57. The van der Waals surface area contributed by atoms with Crippen LogP contribution in [0.3, 0.4) is 0 Å². The van der Waals surface area contributed by atoms with Crippen LogP contribution in [0.2, 0.25) is 0 Å². The highest BCUT2D eigenvalue weighted by Crippen LogP contribution is 2.26. The number of nitrogens with zero attached hydrogens (tertiary/aromatic N) is 1. The van der Waals surface area contributed by atoms with E-state index in [0.717, 1.165) is 18.2 Å². The molecule has 0 aromatic heterocycles. The first-order valence-corrected chi connectivity index (χ1v) is 5.59. The van der Waals surface area contributed by atoms with Crippen LogP contribution >= 0.6 is 0 Å². The minimum atomic E-state index is -0.705. The molecule has 0 fully saturated rings. The molecule has 102 valence electrons. The average Bonchev–Trinajstić information content (AvgIpc) is 2.38. The minimum absolute atomic E-state index is 0.158. The minimum Gasteiger partial charge on any atom is -0.398 e. The zero-order chi connectivity index (χ0) is 14.7. The van der Waals surface area contributed by atoms with Gasteiger partial charge in [0.1, 0.15) is 11.5 Å².